The van der Waals surface area contributed by atoms with Gasteiger partial charge in [0, 0.05) is 36.3 Å². The van der Waals surface area contributed by atoms with Gasteiger partial charge in [-0.3, -0.25) is 4.79 Å². The van der Waals surface area contributed by atoms with E-state index >= 15 is 0 Å². The third-order valence-electron chi connectivity index (χ3n) is 6.88. The highest BCUT2D eigenvalue weighted by Gasteiger charge is 2.16. The molecule has 0 atom stereocenters. The van der Waals surface area contributed by atoms with Crippen LogP contribution in [0.4, 0.5) is 0 Å². The summed E-state index contributed by atoms with van der Waals surface area (Å²) in [5, 5.41) is 3.04. The number of rotatable bonds is 12. The lowest BCUT2D eigenvalue weighted by molar-refractivity contribution is 0.0949. The van der Waals surface area contributed by atoms with Gasteiger partial charge in [0.1, 0.15) is 11.5 Å². The molecule has 0 aliphatic heterocycles. The number of nitrogens with zero attached hydrogens (tertiary/aromatic N) is 3. The molecule has 0 aliphatic rings. The van der Waals surface area contributed by atoms with Crippen LogP contribution in [0, 0.1) is 0 Å². The van der Waals surface area contributed by atoms with Gasteiger partial charge in [-0.2, -0.15) is 0 Å². The lowest BCUT2D eigenvalue weighted by Crippen LogP contribution is -2.32. The highest BCUT2D eigenvalue weighted by atomic mass is 16.5. The van der Waals surface area contributed by atoms with Crippen molar-refractivity contribution in [2.45, 2.75) is 20.4 Å². The zero-order valence-corrected chi connectivity index (χ0v) is 24.3. The van der Waals surface area contributed by atoms with Gasteiger partial charge < -0.3 is 19.7 Å². The highest BCUT2D eigenvalue weighted by Crippen LogP contribution is 2.33. The molecule has 1 N–H and O–H groups in total. The van der Waals surface area contributed by atoms with E-state index in [1.54, 1.807) is 6.07 Å². The third kappa shape index (κ3) is 7.11. The standard InChI is InChI=1S/C35H36N4O3/c1-4-41-29-16-11-26(12-17-29)33-34(27-13-18-30(19-14-27)42-5-2)38-32-23-28(15-20-31(32)37-33)35(40)36-21-22-39(3)24-25-9-7-6-8-10-25/h6-20,23H,4-5,21-22,24H2,1-3H3,(H,36,40). The number of benzene rings is 4. The van der Waals surface area contributed by atoms with Crippen molar-refractivity contribution in [2.24, 2.45) is 0 Å². The van der Waals surface area contributed by atoms with Crippen molar-refractivity contribution in [3.63, 3.8) is 0 Å². The fraction of sp³-hybridized carbons (Fsp3) is 0.229. The van der Waals surface area contributed by atoms with Gasteiger partial charge in [-0.1, -0.05) is 30.3 Å². The van der Waals surface area contributed by atoms with Crippen LogP contribution in [0.5, 0.6) is 11.5 Å². The summed E-state index contributed by atoms with van der Waals surface area (Å²) in [6.07, 6.45) is 0. The Morgan fingerprint density at radius 2 is 1.31 bits per heavy atom. The smallest absolute Gasteiger partial charge is 0.251 e. The van der Waals surface area contributed by atoms with Crippen LogP contribution >= 0.6 is 0 Å². The van der Waals surface area contributed by atoms with Crippen molar-refractivity contribution < 1.29 is 14.3 Å². The molecule has 214 valence electrons. The van der Waals surface area contributed by atoms with Gasteiger partial charge >= 0.3 is 0 Å². The highest BCUT2D eigenvalue weighted by molar-refractivity contribution is 5.98. The first kappa shape index (κ1) is 28.8. The minimum absolute atomic E-state index is 0.134. The molecule has 42 heavy (non-hydrogen) atoms. The Morgan fingerprint density at radius 1 is 0.738 bits per heavy atom. The second-order valence-corrected chi connectivity index (χ2v) is 10.0. The van der Waals surface area contributed by atoms with Crippen LogP contribution in [0.2, 0.25) is 0 Å². The molecule has 5 aromatic rings. The molecule has 0 spiro atoms. The molecule has 1 amide bonds. The summed E-state index contributed by atoms with van der Waals surface area (Å²) in [4.78, 5) is 25.3. The predicted molar refractivity (Wildman–Crippen MR) is 168 cm³/mol. The number of carbonyl (C=O) groups excluding carboxylic acids is 1. The molecule has 1 heterocycles. The molecule has 7 nitrogen and oxygen atoms in total. The maximum atomic E-state index is 13.1. The van der Waals surface area contributed by atoms with Crippen LogP contribution in [0.1, 0.15) is 29.8 Å². The maximum absolute atomic E-state index is 13.1. The summed E-state index contributed by atoms with van der Waals surface area (Å²) in [6, 6.07) is 31.5. The molecule has 0 unspecified atom stereocenters. The first-order chi connectivity index (χ1) is 20.5. The minimum Gasteiger partial charge on any atom is -0.494 e. The van der Waals surface area contributed by atoms with Crippen LogP contribution in [-0.2, 0) is 6.54 Å². The van der Waals surface area contributed by atoms with Crippen molar-refractivity contribution in [1.29, 1.82) is 0 Å². The fourth-order valence-electron chi connectivity index (χ4n) is 4.79. The molecule has 4 aromatic carbocycles. The number of likely N-dealkylation sites (N-methyl/N-ethyl adjacent to an activating group) is 1. The summed E-state index contributed by atoms with van der Waals surface area (Å²) in [5.74, 6) is 1.47. The Bertz CT molecular complexity index is 1620. The SMILES string of the molecule is CCOc1ccc(-c2nc3ccc(C(=O)NCCN(C)Cc4ccccc4)cc3nc2-c2ccc(OCC)cc2)cc1. The molecular formula is C35H36N4O3. The van der Waals surface area contributed by atoms with Crippen LogP contribution in [0.3, 0.4) is 0 Å². The summed E-state index contributed by atoms with van der Waals surface area (Å²) >= 11 is 0. The Hall–Kier alpha value is -4.75. The number of amides is 1. The maximum Gasteiger partial charge on any atom is 0.251 e. The number of nitrogens with one attached hydrogen (secondary N) is 1. The largest absolute Gasteiger partial charge is 0.494 e. The van der Waals surface area contributed by atoms with E-state index in [4.69, 9.17) is 19.4 Å². The molecule has 0 aliphatic carbocycles. The van der Waals surface area contributed by atoms with E-state index in [1.807, 2.05) is 92.7 Å². The summed E-state index contributed by atoms with van der Waals surface area (Å²) in [5.41, 5.74) is 6.49. The molecule has 7 heteroatoms. The second kappa shape index (κ2) is 13.7. The van der Waals surface area contributed by atoms with E-state index in [9.17, 15) is 4.79 Å². The summed E-state index contributed by atoms with van der Waals surface area (Å²) in [7, 11) is 2.05. The van der Waals surface area contributed by atoms with E-state index in [2.05, 4.69) is 29.4 Å². The van der Waals surface area contributed by atoms with Crippen LogP contribution in [0.25, 0.3) is 33.5 Å². The Labute approximate surface area is 247 Å². The van der Waals surface area contributed by atoms with Gasteiger partial charge in [-0.15, -0.1) is 0 Å². The minimum atomic E-state index is -0.134. The normalized spacial score (nSPS) is 11.0. The van der Waals surface area contributed by atoms with Crippen molar-refractivity contribution in [1.82, 2.24) is 20.2 Å². The Morgan fingerprint density at radius 3 is 1.88 bits per heavy atom. The van der Waals surface area contributed by atoms with Crippen molar-refractivity contribution in [3.05, 3.63) is 108 Å². The third-order valence-corrected chi connectivity index (χ3v) is 6.88. The van der Waals surface area contributed by atoms with Gasteiger partial charge in [0.05, 0.1) is 35.6 Å². The number of hydrogen-bond donors (Lipinski definition) is 1. The predicted octanol–water partition coefficient (Wildman–Crippen LogP) is 6.62. The van der Waals surface area contributed by atoms with Crippen molar-refractivity contribution in [3.8, 4) is 34.0 Å². The van der Waals surface area contributed by atoms with Gasteiger partial charge in [-0.05, 0) is 93.2 Å². The number of ether oxygens (including phenoxy) is 2. The monoisotopic (exact) mass is 560 g/mol. The molecule has 5 rings (SSSR count). The summed E-state index contributed by atoms with van der Waals surface area (Å²) < 4.78 is 11.3. The van der Waals surface area contributed by atoms with Crippen LogP contribution in [0.15, 0.2) is 97.1 Å². The lowest BCUT2D eigenvalue weighted by Gasteiger charge is -2.17. The molecule has 0 radical (unpaired) electrons. The van der Waals surface area contributed by atoms with E-state index < -0.39 is 0 Å². The van der Waals surface area contributed by atoms with Crippen LogP contribution in [-0.4, -0.2) is 54.1 Å². The Kier molecular flexibility index (Phi) is 9.41. The topological polar surface area (TPSA) is 76.6 Å². The van der Waals surface area contributed by atoms with Crippen molar-refractivity contribution >= 4 is 16.9 Å². The quantitative estimate of drug-likeness (QED) is 0.185. The van der Waals surface area contributed by atoms with E-state index in [-0.39, 0.29) is 5.91 Å². The average Bonchev–Trinajstić information content (AvgIpc) is 3.02. The molecule has 0 saturated carbocycles. The van der Waals surface area contributed by atoms with Gasteiger partial charge in [0.25, 0.3) is 5.91 Å². The second-order valence-electron chi connectivity index (χ2n) is 10.0. The zero-order valence-electron chi connectivity index (χ0n) is 24.3. The first-order valence-corrected chi connectivity index (χ1v) is 14.3. The molecule has 0 saturated heterocycles. The molecule has 1 aromatic heterocycles. The average molecular weight is 561 g/mol. The zero-order chi connectivity index (χ0) is 29.3. The lowest BCUT2D eigenvalue weighted by atomic mass is 10.0. The van der Waals surface area contributed by atoms with E-state index in [0.717, 1.165) is 47.1 Å². The number of aromatic nitrogens is 2. The number of fused-ring (bicyclic) bond motifs is 1. The van der Waals surface area contributed by atoms with Gasteiger partial charge in [-0.25, -0.2) is 9.97 Å². The van der Waals surface area contributed by atoms with E-state index in [0.29, 0.717) is 36.4 Å². The number of carbonyl (C=O) groups is 1. The summed E-state index contributed by atoms with van der Waals surface area (Å²) in [6.45, 7) is 7.23. The van der Waals surface area contributed by atoms with Crippen molar-refractivity contribution in [2.75, 3.05) is 33.4 Å². The number of hydrogen-bond acceptors (Lipinski definition) is 6. The van der Waals surface area contributed by atoms with Crippen LogP contribution < -0.4 is 14.8 Å². The van der Waals surface area contributed by atoms with Gasteiger partial charge in [0.15, 0.2) is 0 Å². The fourth-order valence-corrected chi connectivity index (χ4v) is 4.79. The Balaban J connectivity index is 1.39. The van der Waals surface area contributed by atoms with E-state index in [1.165, 1.54) is 5.56 Å². The van der Waals surface area contributed by atoms with Gasteiger partial charge in [0.2, 0.25) is 0 Å². The first-order valence-electron chi connectivity index (χ1n) is 14.3. The molecule has 0 bridgehead atoms. The molecular weight excluding hydrogens is 524 g/mol. The molecule has 0 fully saturated rings.